The molecule has 1 fully saturated rings. The molecule has 1 aliphatic heterocycles. The third-order valence-electron chi connectivity index (χ3n) is 5.06. The molecule has 1 aliphatic rings. The van der Waals surface area contributed by atoms with Crippen molar-refractivity contribution in [3.63, 3.8) is 0 Å². The largest absolute Gasteiger partial charge is 0.478 e. The van der Waals surface area contributed by atoms with E-state index < -0.39 is 5.97 Å². The van der Waals surface area contributed by atoms with Crippen molar-refractivity contribution in [1.82, 2.24) is 0 Å². The molecule has 1 heterocycles. The Kier molecular flexibility index (Phi) is 4.83. The van der Waals surface area contributed by atoms with Crippen LogP contribution in [-0.2, 0) is 0 Å². The van der Waals surface area contributed by atoms with Gasteiger partial charge in [-0.05, 0) is 49.2 Å². The molecule has 2 aromatic rings. The molecule has 0 aliphatic carbocycles. The molecule has 25 heavy (non-hydrogen) atoms. The summed E-state index contributed by atoms with van der Waals surface area (Å²) in [6, 6.07) is 12.0. The summed E-state index contributed by atoms with van der Waals surface area (Å²) >= 11 is 0. The van der Waals surface area contributed by atoms with Crippen LogP contribution in [0.4, 0.5) is 17.1 Å². The Labute approximate surface area is 148 Å². The van der Waals surface area contributed by atoms with Crippen LogP contribution < -0.4 is 15.1 Å². The second kappa shape index (κ2) is 7.05. The number of rotatable bonds is 4. The Morgan fingerprint density at radius 1 is 1.04 bits per heavy atom. The quantitative estimate of drug-likeness (QED) is 0.894. The maximum atomic E-state index is 11.5. The fraction of sp³-hybridized carbons (Fsp3) is 0.350. The van der Waals surface area contributed by atoms with Crippen molar-refractivity contribution in [3.8, 4) is 0 Å². The van der Waals surface area contributed by atoms with Gasteiger partial charge in [-0.2, -0.15) is 0 Å². The van der Waals surface area contributed by atoms with Crippen LogP contribution >= 0.6 is 0 Å². The van der Waals surface area contributed by atoms with Gasteiger partial charge in [-0.25, -0.2) is 4.79 Å². The topological polar surface area (TPSA) is 55.8 Å². The fourth-order valence-electron chi connectivity index (χ4n) is 3.41. The zero-order valence-corrected chi connectivity index (χ0v) is 15.0. The number of hydrogen-bond donors (Lipinski definition) is 2. The predicted octanol–water partition coefficient (Wildman–Crippen LogP) is 3.37. The first-order chi connectivity index (χ1) is 12.0. The molecule has 2 aromatic carbocycles. The van der Waals surface area contributed by atoms with Crippen molar-refractivity contribution < 1.29 is 9.90 Å². The second-order valence-electron chi connectivity index (χ2n) is 6.48. The monoisotopic (exact) mass is 339 g/mol. The van der Waals surface area contributed by atoms with Crippen LogP contribution in [0.1, 0.15) is 21.5 Å². The zero-order chi connectivity index (χ0) is 18.0. The van der Waals surface area contributed by atoms with E-state index in [-0.39, 0.29) is 0 Å². The van der Waals surface area contributed by atoms with E-state index in [0.717, 1.165) is 31.9 Å². The normalized spacial score (nSPS) is 14.5. The summed E-state index contributed by atoms with van der Waals surface area (Å²) < 4.78 is 0. The van der Waals surface area contributed by atoms with Crippen molar-refractivity contribution in [2.45, 2.75) is 13.8 Å². The summed E-state index contributed by atoms with van der Waals surface area (Å²) in [6.07, 6.45) is 0. The molecule has 0 atom stereocenters. The average molecular weight is 339 g/mol. The van der Waals surface area contributed by atoms with Gasteiger partial charge in [0.1, 0.15) is 0 Å². The van der Waals surface area contributed by atoms with E-state index in [0.29, 0.717) is 11.3 Å². The first kappa shape index (κ1) is 17.1. The standard InChI is InChI=1S/C20H25N3O2/c1-14-5-4-6-19(15(14)2)23-11-9-22(10-12-23)16-7-8-18(21-3)17(13-16)20(24)25/h4-8,13,21H,9-12H2,1-3H3,(H,24,25). The number of aromatic carboxylic acids is 1. The minimum atomic E-state index is -0.903. The molecular weight excluding hydrogens is 314 g/mol. The number of anilines is 3. The number of aryl methyl sites for hydroxylation is 1. The number of nitrogens with zero attached hydrogens (tertiary/aromatic N) is 2. The van der Waals surface area contributed by atoms with Crippen LogP contribution in [-0.4, -0.2) is 44.3 Å². The third kappa shape index (κ3) is 3.40. The third-order valence-corrected chi connectivity index (χ3v) is 5.06. The summed E-state index contributed by atoms with van der Waals surface area (Å²) in [6.45, 7) is 7.94. The highest BCUT2D eigenvalue weighted by Gasteiger charge is 2.20. The minimum Gasteiger partial charge on any atom is -0.478 e. The molecule has 0 bridgehead atoms. The van der Waals surface area contributed by atoms with Gasteiger partial charge in [-0.1, -0.05) is 12.1 Å². The fourth-order valence-corrected chi connectivity index (χ4v) is 3.41. The van der Waals surface area contributed by atoms with E-state index in [9.17, 15) is 9.90 Å². The summed E-state index contributed by atoms with van der Waals surface area (Å²) in [5.74, 6) is -0.903. The van der Waals surface area contributed by atoms with E-state index in [2.05, 4.69) is 47.2 Å². The van der Waals surface area contributed by atoms with E-state index in [1.54, 1.807) is 13.1 Å². The van der Waals surface area contributed by atoms with Crippen LogP contribution in [0.3, 0.4) is 0 Å². The van der Waals surface area contributed by atoms with Crippen LogP contribution in [0.2, 0.25) is 0 Å². The number of carboxylic acid groups (broad SMARTS) is 1. The number of carbonyl (C=O) groups is 1. The molecule has 3 rings (SSSR count). The Balaban J connectivity index is 1.75. The van der Waals surface area contributed by atoms with Crippen LogP contribution in [0.15, 0.2) is 36.4 Å². The van der Waals surface area contributed by atoms with Crippen LogP contribution in [0.25, 0.3) is 0 Å². The maximum absolute atomic E-state index is 11.5. The highest BCUT2D eigenvalue weighted by atomic mass is 16.4. The van der Waals surface area contributed by atoms with Gasteiger partial charge in [-0.3, -0.25) is 0 Å². The Hall–Kier alpha value is -2.69. The Morgan fingerprint density at radius 2 is 1.72 bits per heavy atom. The zero-order valence-electron chi connectivity index (χ0n) is 15.0. The molecule has 1 saturated heterocycles. The lowest BCUT2D eigenvalue weighted by Crippen LogP contribution is -2.46. The predicted molar refractivity (Wildman–Crippen MR) is 103 cm³/mol. The molecule has 0 unspecified atom stereocenters. The summed E-state index contributed by atoms with van der Waals surface area (Å²) in [7, 11) is 1.74. The maximum Gasteiger partial charge on any atom is 0.337 e. The van der Waals surface area contributed by atoms with Gasteiger partial charge in [0.25, 0.3) is 0 Å². The Morgan fingerprint density at radius 3 is 2.36 bits per heavy atom. The molecule has 0 aromatic heterocycles. The van der Waals surface area contributed by atoms with Gasteiger partial charge in [0.15, 0.2) is 0 Å². The molecule has 0 spiro atoms. The Bertz CT molecular complexity index is 781. The lowest BCUT2D eigenvalue weighted by atomic mass is 10.1. The van der Waals surface area contributed by atoms with E-state index in [1.165, 1.54) is 16.8 Å². The van der Waals surface area contributed by atoms with Gasteiger partial charge in [0.05, 0.1) is 5.56 Å². The first-order valence-corrected chi connectivity index (χ1v) is 8.62. The number of nitrogens with one attached hydrogen (secondary N) is 1. The lowest BCUT2D eigenvalue weighted by molar-refractivity contribution is 0.0698. The van der Waals surface area contributed by atoms with Crippen molar-refractivity contribution in [3.05, 3.63) is 53.1 Å². The lowest BCUT2D eigenvalue weighted by Gasteiger charge is -2.38. The smallest absolute Gasteiger partial charge is 0.337 e. The van der Waals surface area contributed by atoms with Gasteiger partial charge >= 0.3 is 5.97 Å². The number of hydrogen-bond acceptors (Lipinski definition) is 4. The van der Waals surface area contributed by atoms with Crippen molar-refractivity contribution >= 4 is 23.0 Å². The van der Waals surface area contributed by atoms with Gasteiger partial charge < -0.3 is 20.2 Å². The van der Waals surface area contributed by atoms with Crippen LogP contribution in [0.5, 0.6) is 0 Å². The van der Waals surface area contributed by atoms with Crippen LogP contribution in [0, 0.1) is 13.8 Å². The SMILES string of the molecule is CNc1ccc(N2CCN(c3cccc(C)c3C)CC2)cc1C(=O)O. The molecule has 132 valence electrons. The molecule has 0 amide bonds. The molecule has 5 heteroatoms. The molecule has 0 radical (unpaired) electrons. The molecule has 0 saturated carbocycles. The first-order valence-electron chi connectivity index (χ1n) is 8.62. The van der Waals surface area contributed by atoms with Gasteiger partial charge in [0, 0.05) is 50.3 Å². The van der Waals surface area contributed by atoms with Crippen molar-refractivity contribution in [1.29, 1.82) is 0 Å². The van der Waals surface area contributed by atoms with Gasteiger partial charge in [-0.15, -0.1) is 0 Å². The number of piperazine rings is 1. The van der Waals surface area contributed by atoms with E-state index >= 15 is 0 Å². The average Bonchev–Trinajstić information content (AvgIpc) is 2.63. The number of carboxylic acids is 1. The highest BCUT2D eigenvalue weighted by Crippen LogP contribution is 2.27. The number of benzene rings is 2. The minimum absolute atomic E-state index is 0.317. The summed E-state index contributed by atoms with van der Waals surface area (Å²) in [5.41, 5.74) is 5.88. The molecular formula is C20H25N3O2. The highest BCUT2D eigenvalue weighted by molar-refractivity contribution is 5.95. The van der Waals surface area contributed by atoms with Gasteiger partial charge in [0.2, 0.25) is 0 Å². The molecule has 5 nitrogen and oxygen atoms in total. The summed E-state index contributed by atoms with van der Waals surface area (Å²) in [4.78, 5) is 16.1. The summed E-state index contributed by atoms with van der Waals surface area (Å²) in [5, 5.41) is 12.3. The van der Waals surface area contributed by atoms with E-state index in [4.69, 9.17) is 0 Å². The second-order valence-corrected chi connectivity index (χ2v) is 6.48. The molecule has 2 N–H and O–H groups in total. The van der Waals surface area contributed by atoms with Crippen molar-refractivity contribution in [2.24, 2.45) is 0 Å². The van der Waals surface area contributed by atoms with Crippen molar-refractivity contribution in [2.75, 3.05) is 48.3 Å². The van der Waals surface area contributed by atoms with E-state index in [1.807, 2.05) is 12.1 Å².